The number of ether oxygens (including phenoxy) is 3. The Morgan fingerprint density at radius 2 is 1.68 bits per heavy atom. The maximum Gasteiger partial charge on any atom is 0.268 e. The van der Waals surface area contributed by atoms with Crippen molar-refractivity contribution in [2.24, 2.45) is 0 Å². The van der Waals surface area contributed by atoms with Crippen molar-refractivity contribution in [3.63, 3.8) is 0 Å². The molecule has 6 nitrogen and oxygen atoms in total. The highest BCUT2D eigenvalue weighted by molar-refractivity contribution is 7.85. The third-order valence-electron chi connectivity index (χ3n) is 3.27. The van der Waals surface area contributed by atoms with Crippen molar-refractivity contribution in [2.45, 2.75) is 6.10 Å². The standard InChI is InChI=1S/C15H16O6S/c16-22(17,18)8-7-19-14-5-6-15(21-10-11-9-20-11)13-4-2-1-3-12(13)14/h1-6,11H,7-10H2,(H,16,17,18). The van der Waals surface area contributed by atoms with Gasteiger partial charge in [0.25, 0.3) is 10.1 Å². The quantitative estimate of drug-likeness (QED) is 0.618. The Balaban J connectivity index is 1.80. The molecule has 1 fully saturated rings. The van der Waals surface area contributed by atoms with Crippen molar-refractivity contribution in [2.75, 3.05) is 25.6 Å². The van der Waals surface area contributed by atoms with E-state index < -0.39 is 15.9 Å². The normalized spacial score (nSPS) is 17.4. The molecule has 2 aromatic carbocycles. The first-order valence-electron chi connectivity index (χ1n) is 6.87. The van der Waals surface area contributed by atoms with E-state index in [2.05, 4.69) is 0 Å². The fourth-order valence-corrected chi connectivity index (χ4v) is 2.39. The molecule has 1 heterocycles. The summed E-state index contributed by atoms with van der Waals surface area (Å²) < 4.78 is 46.5. The second-order valence-corrected chi connectivity index (χ2v) is 6.58. The summed E-state index contributed by atoms with van der Waals surface area (Å²) in [7, 11) is -4.03. The third kappa shape index (κ3) is 3.88. The zero-order chi connectivity index (χ0) is 15.6. The van der Waals surface area contributed by atoms with E-state index >= 15 is 0 Å². The summed E-state index contributed by atoms with van der Waals surface area (Å²) in [4.78, 5) is 0. The van der Waals surface area contributed by atoms with Gasteiger partial charge in [-0.2, -0.15) is 8.42 Å². The predicted molar refractivity (Wildman–Crippen MR) is 81.1 cm³/mol. The average Bonchev–Trinajstić information content (AvgIpc) is 3.29. The zero-order valence-electron chi connectivity index (χ0n) is 11.8. The van der Waals surface area contributed by atoms with Crippen LogP contribution in [0, 0.1) is 0 Å². The molecule has 7 heteroatoms. The maximum atomic E-state index is 10.7. The fourth-order valence-electron chi connectivity index (χ4n) is 2.10. The van der Waals surface area contributed by atoms with Crippen LogP contribution in [-0.4, -0.2) is 44.6 Å². The minimum absolute atomic E-state index is 0.112. The van der Waals surface area contributed by atoms with E-state index in [0.29, 0.717) is 12.4 Å². The molecule has 0 saturated carbocycles. The van der Waals surface area contributed by atoms with Crippen LogP contribution in [0.2, 0.25) is 0 Å². The van der Waals surface area contributed by atoms with Crippen LogP contribution < -0.4 is 9.47 Å². The number of fused-ring (bicyclic) bond motifs is 1. The number of hydrogen-bond acceptors (Lipinski definition) is 5. The number of hydrogen-bond donors (Lipinski definition) is 1. The van der Waals surface area contributed by atoms with Crippen molar-refractivity contribution in [1.82, 2.24) is 0 Å². The van der Waals surface area contributed by atoms with Crippen molar-refractivity contribution in [1.29, 1.82) is 0 Å². The molecule has 0 amide bonds. The smallest absolute Gasteiger partial charge is 0.268 e. The molecule has 22 heavy (non-hydrogen) atoms. The van der Waals surface area contributed by atoms with Gasteiger partial charge in [-0.05, 0) is 12.1 Å². The van der Waals surface area contributed by atoms with Gasteiger partial charge in [-0.3, -0.25) is 4.55 Å². The minimum Gasteiger partial charge on any atom is -0.492 e. The van der Waals surface area contributed by atoms with Gasteiger partial charge in [-0.1, -0.05) is 24.3 Å². The van der Waals surface area contributed by atoms with Crippen molar-refractivity contribution in [3.8, 4) is 11.5 Å². The summed E-state index contributed by atoms with van der Waals surface area (Å²) in [5.74, 6) is 0.834. The highest BCUT2D eigenvalue weighted by atomic mass is 32.2. The predicted octanol–water partition coefficient (Wildman–Crippen LogP) is 1.88. The molecule has 2 aromatic rings. The Bertz CT molecular complexity index is 767. The van der Waals surface area contributed by atoms with Gasteiger partial charge in [0.15, 0.2) is 0 Å². The Labute approximate surface area is 128 Å². The van der Waals surface area contributed by atoms with Crippen LogP contribution in [0.5, 0.6) is 11.5 Å². The van der Waals surface area contributed by atoms with Crippen LogP contribution in [0.15, 0.2) is 36.4 Å². The van der Waals surface area contributed by atoms with E-state index in [0.717, 1.165) is 23.1 Å². The van der Waals surface area contributed by atoms with Gasteiger partial charge < -0.3 is 14.2 Å². The number of epoxide rings is 1. The molecule has 1 aliphatic heterocycles. The van der Waals surface area contributed by atoms with Gasteiger partial charge >= 0.3 is 0 Å². The minimum atomic E-state index is -4.03. The molecule has 1 atom stereocenters. The third-order valence-corrected chi connectivity index (χ3v) is 3.95. The molecule has 1 unspecified atom stereocenters. The first-order chi connectivity index (χ1) is 10.5. The lowest BCUT2D eigenvalue weighted by molar-refractivity contribution is 0.265. The molecule has 1 N–H and O–H groups in total. The maximum absolute atomic E-state index is 10.7. The van der Waals surface area contributed by atoms with Crippen LogP contribution in [0.3, 0.4) is 0 Å². The van der Waals surface area contributed by atoms with E-state index in [1.165, 1.54) is 0 Å². The van der Waals surface area contributed by atoms with Crippen LogP contribution in [-0.2, 0) is 14.9 Å². The molecular weight excluding hydrogens is 308 g/mol. The SMILES string of the molecule is O=S(=O)(O)CCOc1ccc(OCC2CO2)c2ccccc12. The zero-order valence-corrected chi connectivity index (χ0v) is 12.6. The van der Waals surface area contributed by atoms with E-state index in [4.69, 9.17) is 18.8 Å². The highest BCUT2D eigenvalue weighted by Gasteiger charge is 2.23. The van der Waals surface area contributed by atoms with Gasteiger partial charge in [0.05, 0.1) is 6.61 Å². The van der Waals surface area contributed by atoms with Gasteiger partial charge in [-0.25, -0.2) is 0 Å². The van der Waals surface area contributed by atoms with E-state index in [-0.39, 0.29) is 12.7 Å². The lowest BCUT2D eigenvalue weighted by Crippen LogP contribution is -2.12. The molecule has 1 aliphatic rings. The number of benzene rings is 2. The summed E-state index contributed by atoms with van der Waals surface area (Å²) in [6, 6.07) is 11.1. The van der Waals surface area contributed by atoms with Crippen LogP contribution in [0.25, 0.3) is 10.8 Å². The van der Waals surface area contributed by atoms with E-state index in [9.17, 15) is 8.42 Å². The van der Waals surface area contributed by atoms with Crippen LogP contribution >= 0.6 is 0 Å². The van der Waals surface area contributed by atoms with Crippen molar-refractivity contribution in [3.05, 3.63) is 36.4 Å². The molecular formula is C15H16O6S. The van der Waals surface area contributed by atoms with Crippen LogP contribution in [0.4, 0.5) is 0 Å². The molecule has 0 bridgehead atoms. The van der Waals surface area contributed by atoms with Gasteiger partial charge in [0, 0.05) is 10.8 Å². The molecule has 0 aliphatic carbocycles. The van der Waals surface area contributed by atoms with E-state index in [1.807, 2.05) is 24.3 Å². The van der Waals surface area contributed by atoms with Gasteiger partial charge in [0.1, 0.15) is 36.6 Å². The largest absolute Gasteiger partial charge is 0.492 e. The molecule has 1 saturated heterocycles. The summed E-state index contributed by atoms with van der Waals surface area (Å²) in [6.07, 6.45) is 0.171. The van der Waals surface area contributed by atoms with Crippen LogP contribution in [0.1, 0.15) is 0 Å². The Kier molecular flexibility index (Phi) is 4.19. The average molecular weight is 324 g/mol. The Hall–Kier alpha value is -1.83. The van der Waals surface area contributed by atoms with Crippen molar-refractivity contribution < 1.29 is 27.2 Å². The van der Waals surface area contributed by atoms with Gasteiger partial charge in [0.2, 0.25) is 0 Å². The van der Waals surface area contributed by atoms with E-state index in [1.54, 1.807) is 12.1 Å². The molecule has 0 spiro atoms. The second-order valence-electron chi connectivity index (χ2n) is 5.01. The summed E-state index contributed by atoms with van der Waals surface area (Å²) >= 11 is 0. The lowest BCUT2D eigenvalue weighted by atomic mass is 10.1. The summed E-state index contributed by atoms with van der Waals surface area (Å²) in [5, 5.41) is 1.71. The summed E-state index contributed by atoms with van der Waals surface area (Å²) in [5.41, 5.74) is 0. The highest BCUT2D eigenvalue weighted by Crippen LogP contribution is 2.33. The molecule has 0 aromatic heterocycles. The van der Waals surface area contributed by atoms with Gasteiger partial charge in [-0.15, -0.1) is 0 Å². The van der Waals surface area contributed by atoms with Crippen molar-refractivity contribution >= 4 is 20.9 Å². The monoisotopic (exact) mass is 324 g/mol. The first-order valence-corrected chi connectivity index (χ1v) is 8.48. The molecule has 118 valence electrons. The fraction of sp³-hybridized carbons (Fsp3) is 0.333. The second kappa shape index (κ2) is 6.12. The Morgan fingerprint density at radius 1 is 1.09 bits per heavy atom. The molecule has 0 radical (unpaired) electrons. The Morgan fingerprint density at radius 3 is 2.23 bits per heavy atom. The topological polar surface area (TPSA) is 85.4 Å². The summed E-state index contributed by atoms with van der Waals surface area (Å²) in [6.45, 7) is 1.13. The lowest BCUT2D eigenvalue weighted by Gasteiger charge is -2.12. The molecule has 3 rings (SSSR count). The first kappa shape index (κ1) is 15.1. The number of rotatable bonds is 7.